The number of likely N-dealkylation sites (tertiary alicyclic amines) is 1. The minimum atomic E-state index is -0.821. The first-order chi connectivity index (χ1) is 11.2. The highest BCUT2D eigenvalue weighted by Gasteiger charge is 2.43. The number of nitrogens with zero attached hydrogens (tertiary/aromatic N) is 1. The number of carboxylic acids is 1. The number of hydrogen-bond acceptors (Lipinski definition) is 5. The van der Waals surface area contributed by atoms with Crippen molar-refractivity contribution in [1.82, 2.24) is 4.90 Å². The van der Waals surface area contributed by atoms with Crippen molar-refractivity contribution in [1.29, 1.82) is 0 Å². The fourth-order valence-corrected chi connectivity index (χ4v) is 5.34. The van der Waals surface area contributed by atoms with Crippen molar-refractivity contribution in [2.45, 2.75) is 31.3 Å². The lowest BCUT2D eigenvalue weighted by Gasteiger charge is -2.44. The first kappa shape index (κ1) is 15.6. The first-order valence-electron chi connectivity index (χ1n) is 8.47. The Bertz CT molecular complexity index is 585. The highest BCUT2D eigenvalue weighted by Crippen LogP contribution is 2.45. The molecule has 0 aromatic carbocycles. The summed E-state index contributed by atoms with van der Waals surface area (Å²) in [5.74, 6) is -0.148. The van der Waals surface area contributed by atoms with Gasteiger partial charge in [-0.2, -0.15) is 0 Å². The van der Waals surface area contributed by atoms with Gasteiger partial charge in [0.05, 0.1) is 13.2 Å². The second-order valence-electron chi connectivity index (χ2n) is 6.89. The monoisotopic (exact) mass is 337 g/mol. The van der Waals surface area contributed by atoms with E-state index in [2.05, 4.69) is 4.90 Å². The van der Waals surface area contributed by atoms with Crippen LogP contribution in [0.25, 0.3) is 0 Å². The van der Waals surface area contributed by atoms with Gasteiger partial charge in [-0.1, -0.05) is 0 Å². The van der Waals surface area contributed by atoms with Crippen LogP contribution in [0, 0.1) is 5.92 Å². The lowest BCUT2D eigenvalue weighted by Crippen LogP contribution is -2.47. The van der Waals surface area contributed by atoms with E-state index in [1.54, 1.807) is 0 Å². The molecule has 1 aromatic rings. The largest absolute Gasteiger partial charge is 0.477 e. The molecular formula is C17H23NO4S. The predicted molar refractivity (Wildman–Crippen MR) is 87.2 cm³/mol. The van der Waals surface area contributed by atoms with Crippen LogP contribution in [0.15, 0.2) is 6.07 Å². The molecule has 126 valence electrons. The van der Waals surface area contributed by atoms with Crippen molar-refractivity contribution in [2.24, 2.45) is 5.92 Å². The molecule has 4 heterocycles. The van der Waals surface area contributed by atoms with Gasteiger partial charge in [0.2, 0.25) is 0 Å². The smallest absolute Gasteiger partial charge is 0.345 e. The minimum absolute atomic E-state index is 0.241. The van der Waals surface area contributed by atoms with Gasteiger partial charge in [-0.05, 0) is 43.2 Å². The number of fused-ring (bicyclic) bond motifs is 2. The van der Waals surface area contributed by atoms with Gasteiger partial charge in [-0.15, -0.1) is 11.3 Å². The Morgan fingerprint density at radius 3 is 2.91 bits per heavy atom. The van der Waals surface area contributed by atoms with Gasteiger partial charge in [0.1, 0.15) is 10.5 Å². The Morgan fingerprint density at radius 1 is 1.39 bits per heavy atom. The van der Waals surface area contributed by atoms with Crippen LogP contribution in [0.4, 0.5) is 0 Å². The number of ether oxygens (including phenoxy) is 2. The van der Waals surface area contributed by atoms with Crippen molar-refractivity contribution in [3.05, 3.63) is 21.4 Å². The molecule has 1 spiro atoms. The number of thiophene rings is 1. The van der Waals surface area contributed by atoms with Crippen LogP contribution >= 0.6 is 11.3 Å². The standard InChI is InChI=1S/C17H23NO4S/c19-16(20)14-9-13-2-8-22-17(15(13)23-14)3-5-18(6-4-17)10-12-1-7-21-11-12/h9,12H,1-8,10-11H2,(H,19,20). The molecule has 0 aliphatic carbocycles. The number of hydrogen-bond donors (Lipinski definition) is 1. The van der Waals surface area contributed by atoms with Crippen LogP contribution in [0.1, 0.15) is 39.4 Å². The average molecular weight is 337 g/mol. The number of carbonyl (C=O) groups is 1. The Balaban J connectivity index is 1.47. The van der Waals surface area contributed by atoms with Gasteiger partial charge < -0.3 is 19.5 Å². The van der Waals surface area contributed by atoms with Crippen molar-refractivity contribution in [2.75, 3.05) is 39.5 Å². The summed E-state index contributed by atoms with van der Waals surface area (Å²) in [5.41, 5.74) is 0.950. The molecule has 2 saturated heterocycles. The molecule has 0 saturated carbocycles. The van der Waals surface area contributed by atoms with Gasteiger partial charge in [-0.3, -0.25) is 0 Å². The molecule has 1 N–H and O–H groups in total. The summed E-state index contributed by atoms with van der Waals surface area (Å²) < 4.78 is 11.7. The van der Waals surface area contributed by atoms with E-state index >= 15 is 0 Å². The van der Waals surface area contributed by atoms with Gasteiger partial charge >= 0.3 is 5.97 Å². The first-order valence-corrected chi connectivity index (χ1v) is 9.28. The molecule has 0 bridgehead atoms. The van der Waals surface area contributed by atoms with Crippen LogP contribution in [-0.2, 0) is 21.5 Å². The van der Waals surface area contributed by atoms with Gasteiger partial charge in [-0.25, -0.2) is 4.79 Å². The lowest BCUT2D eigenvalue weighted by atomic mass is 9.85. The van der Waals surface area contributed by atoms with Crippen molar-refractivity contribution in [3.8, 4) is 0 Å². The number of carboxylic acid groups (broad SMARTS) is 1. The predicted octanol–water partition coefficient (Wildman–Crippen LogP) is 2.35. The Hall–Kier alpha value is -0.950. The van der Waals surface area contributed by atoms with E-state index in [-0.39, 0.29) is 5.60 Å². The summed E-state index contributed by atoms with van der Waals surface area (Å²) >= 11 is 1.42. The zero-order chi connectivity index (χ0) is 15.9. The molecule has 0 radical (unpaired) electrons. The SMILES string of the molecule is O=C(O)c1cc2c(s1)C1(CCN(CC3CCOC3)CC1)OCC2. The second kappa shape index (κ2) is 6.16. The molecule has 3 aliphatic heterocycles. The topological polar surface area (TPSA) is 59.0 Å². The molecule has 1 unspecified atom stereocenters. The van der Waals surface area contributed by atoms with Crippen molar-refractivity contribution in [3.63, 3.8) is 0 Å². The summed E-state index contributed by atoms with van der Waals surface area (Å²) in [7, 11) is 0. The number of aromatic carboxylic acids is 1. The van der Waals surface area contributed by atoms with E-state index < -0.39 is 5.97 Å². The van der Waals surface area contributed by atoms with E-state index in [9.17, 15) is 9.90 Å². The van der Waals surface area contributed by atoms with Gasteiger partial charge in [0, 0.05) is 31.1 Å². The molecule has 0 amide bonds. The fraction of sp³-hybridized carbons (Fsp3) is 0.706. The van der Waals surface area contributed by atoms with Gasteiger partial charge in [0.15, 0.2) is 0 Å². The van der Waals surface area contributed by atoms with Crippen LogP contribution in [0.5, 0.6) is 0 Å². The van der Waals surface area contributed by atoms with E-state index in [0.29, 0.717) is 17.4 Å². The summed E-state index contributed by atoms with van der Waals surface area (Å²) in [6.45, 7) is 5.68. The Morgan fingerprint density at radius 2 is 2.22 bits per heavy atom. The molecule has 1 atom stereocenters. The normalized spacial score (nSPS) is 27.2. The zero-order valence-electron chi connectivity index (χ0n) is 13.3. The summed E-state index contributed by atoms with van der Waals surface area (Å²) in [4.78, 5) is 15.4. The maximum absolute atomic E-state index is 11.3. The average Bonchev–Trinajstić information content (AvgIpc) is 3.20. The van der Waals surface area contributed by atoms with Crippen LogP contribution in [-0.4, -0.2) is 55.4 Å². The second-order valence-corrected chi connectivity index (χ2v) is 7.95. The van der Waals surface area contributed by atoms with Crippen LogP contribution in [0.2, 0.25) is 0 Å². The van der Waals surface area contributed by atoms with E-state index in [1.165, 1.54) is 28.2 Å². The molecule has 6 heteroatoms. The summed E-state index contributed by atoms with van der Waals surface area (Å²) in [6.07, 6.45) is 3.94. The highest BCUT2D eigenvalue weighted by molar-refractivity contribution is 7.14. The van der Waals surface area contributed by atoms with Crippen LogP contribution < -0.4 is 0 Å². The molecule has 4 rings (SSSR count). The third-order valence-electron chi connectivity index (χ3n) is 5.39. The van der Waals surface area contributed by atoms with Gasteiger partial charge in [0.25, 0.3) is 0 Å². The van der Waals surface area contributed by atoms with E-state index in [4.69, 9.17) is 9.47 Å². The molecule has 3 aliphatic rings. The molecule has 2 fully saturated rings. The number of rotatable bonds is 3. The van der Waals surface area contributed by atoms with Crippen molar-refractivity contribution < 1.29 is 19.4 Å². The molecule has 1 aromatic heterocycles. The number of piperidine rings is 1. The van der Waals surface area contributed by atoms with Crippen LogP contribution in [0.3, 0.4) is 0 Å². The van der Waals surface area contributed by atoms with E-state index in [0.717, 1.165) is 52.1 Å². The highest BCUT2D eigenvalue weighted by atomic mass is 32.1. The molecule has 5 nitrogen and oxygen atoms in total. The molecule has 23 heavy (non-hydrogen) atoms. The summed E-state index contributed by atoms with van der Waals surface area (Å²) in [6, 6.07) is 1.86. The maximum Gasteiger partial charge on any atom is 0.345 e. The van der Waals surface area contributed by atoms with E-state index in [1.807, 2.05) is 6.07 Å². The van der Waals surface area contributed by atoms with Crippen molar-refractivity contribution >= 4 is 17.3 Å². The minimum Gasteiger partial charge on any atom is -0.477 e. The maximum atomic E-state index is 11.3. The Kier molecular flexibility index (Phi) is 4.17. The third-order valence-corrected chi connectivity index (χ3v) is 6.74. The molecular weight excluding hydrogens is 314 g/mol. The zero-order valence-corrected chi connectivity index (χ0v) is 14.1. The summed E-state index contributed by atoms with van der Waals surface area (Å²) in [5, 5.41) is 9.27. The fourth-order valence-electron chi connectivity index (χ4n) is 4.09. The lowest BCUT2D eigenvalue weighted by molar-refractivity contribution is -0.0963. The Labute approximate surface area is 140 Å². The quantitative estimate of drug-likeness (QED) is 0.917. The third kappa shape index (κ3) is 2.93.